The first-order valence-electron chi connectivity index (χ1n) is 10.7. The quantitative estimate of drug-likeness (QED) is 0.591. The Morgan fingerprint density at radius 1 is 0.968 bits per heavy atom. The molecule has 0 spiro atoms. The third-order valence-electron chi connectivity index (χ3n) is 5.26. The molecule has 3 rings (SSSR count). The van der Waals surface area contributed by atoms with Gasteiger partial charge in [0.1, 0.15) is 12.4 Å². The van der Waals surface area contributed by atoms with Crippen LogP contribution in [-0.4, -0.2) is 74.6 Å². The minimum atomic E-state index is 0.0101. The molecule has 0 atom stereocenters. The maximum Gasteiger partial charge on any atom is 0.254 e. The van der Waals surface area contributed by atoms with Gasteiger partial charge in [-0.25, -0.2) is 0 Å². The van der Waals surface area contributed by atoms with Crippen molar-refractivity contribution in [3.63, 3.8) is 0 Å². The lowest BCUT2D eigenvalue weighted by atomic mass is 10.1. The fourth-order valence-corrected chi connectivity index (χ4v) is 3.52. The van der Waals surface area contributed by atoms with Crippen LogP contribution in [0, 0.1) is 0 Å². The van der Waals surface area contributed by atoms with Crippen molar-refractivity contribution in [1.82, 2.24) is 15.1 Å². The lowest BCUT2D eigenvalue weighted by molar-refractivity contribution is -0.122. The summed E-state index contributed by atoms with van der Waals surface area (Å²) in [5.41, 5.74) is 1.54. The van der Waals surface area contributed by atoms with E-state index in [0.717, 1.165) is 17.7 Å². The van der Waals surface area contributed by atoms with Crippen LogP contribution in [0.5, 0.6) is 5.75 Å². The van der Waals surface area contributed by atoms with Gasteiger partial charge in [-0.3, -0.25) is 14.5 Å². The number of hydrogen-bond donors (Lipinski definition) is 1. The second kappa shape index (κ2) is 12.1. The first-order valence-corrected chi connectivity index (χ1v) is 10.7. The van der Waals surface area contributed by atoms with Gasteiger partial charge < -0.3 is 19.7 Å². The van der Waals surface area contributed by atoms with Gasteiger partial charge >= 0.3 is 0 Å². The molecule has 0 bridgehead atoms. The molecule has 1 aliphatic heterocycles. The van der Waals surface area contributed by atoms with Crippen LogP contribution < -0.4 is 10.1 Å². The van der Waals surface area contributed by atoms with Crippen molar-refractivity contribution in [2.75, 3.05) is 53.0 Å². The van der Waals surface area contributed by atoms with Gasteiger partial charge in [-0.15, -0.1) is 0 Å². The van der Waals surface area contributed by atoms with E-state index in [1.807, 2.05) is 59.5 Å². The number of amides is 2. The second-order valence-corrected chi connectivity index (χ2v) is 7.52. The average molecular weight is 426 g/mol. The summed E-state index contributed by atoms with van der Waals surface area (Å²) in [6.07, 6.45) is 0.803. The van der Waals surface area contributed by atoms with Crippen LogP contribution in [0.2, 0.25) is 0 Å². The van der Waals surface area contributed by atoms with Crippen LogP contribution in [0.15, 0.2) is 54.6 Å². The molecule has 0 unspecified atom stereocenters. The fraction of sp³-hybridized carbons (Fsp3) is 0.417. The molecule has 1 heterocycles. The maximum atomic E-state index is 13.1. The highest BCUT2D eigenvalue weighted by molar-refractivity contribution is 5.95. The number of hydrogen-bond acceptors (Lipinski definition) is 5. The molecule has 2 amide bonds. The summed E-state index contributed by atoms with van der Waals surface area (Å²) in [5, 5.41) is 2.90. The van der Waals surface area contributed by atoms with Crippen molar-refractivity contribution >= 4 is 11.8 Å². The van der Waals surface area contributed by atoms with Crippen molar-refractivity contribution in [1.29, 1.82) is 0 Å². The summed E-state index contributed by atoms with van der Waals surface area (Å²) in [6, 6.07) is 17.2. The summed E-state index contributed by atoms with van der Waals surface area (Å²) < 4.78 is 10.8. The highest BCUT2D eigenvalue weighted by atomic mass is 16.5. The fourth-order valence-electron chi connectivity index (χ4n) is 3.52. The van der Waals surface area contributed by atoms with Gasteiger partial charge in [0, 0.05) is 57.6 Å². The average Bonchev–Trinajstić information content (AvgIpc) is 2.81. The van der Waals surface area contributed by atoms with Crippen LogP contribution in [0.1, 0.15) is 22.3 Å². The Morgan fingerprint density at radius 3 is 2.42 bits per heavy atom. The van der Waals surface area contributed by atoms with E-state index < -0.39 is 0 Å². The summed E-state index contributed by atoms with van der Waals surface area (Å²) in [5.74, 6) is 0.800. The predicted molar refractivity (Wildman–Crippen MR) is 119 cm³/mol. The molecule has 0 radical (unpaired) electrons. The van der Waals surface area contributed by atoms with E-state index >= 15 is 0 Å². The number of para-hydroxylation sites is 1. The van der Waals surface area contributed by atoms with Crippen molar-refractivity contribution in [3.05, 3.63) is 65.7 Å². The van der Waals surface area contributed by atoms with Crippen molar-refractivity contribution in [2.45, 2.75) is 13.0 Å². The molecule has 7 heteroatoms. The Hall–Kier alpha value is -2.90. The minimum absolute atomic E-state index is 0.0101. The monoisotopic (exact) mass is 425 g/mol. The highest BCUT2D eigenvalue weighted by Gasteiger charge is 2.24. The zero-order chi connectivity index (χ0) is 21.9. The molecule has 1 aliphatic rings. The van der Waals surface area contributed by atoms with Crippen LogP contribution in [0.4, 0.5) is 0 Å². The van der Waals surface area contributed by atoms with E-state index in [1.165, 1.54) is 0 Å². The van der Waals surface area contributed by atoms with Crippen molar-refractivity contribution in [3.8, 4) is 5.75 Å². The number of nitrogens with zero attached hydrogens (tertiary/aromatic N) is 2. The van der Waals surface area contributed by atoms with Crippen LogP contribution in [0.3, 0.4) is 0 Å². The molecule has 0 aromatic heterocycles. The summed E-state index contributed by atoms with van der Waals surface area (Å²) in [6.45, 7) is 4.52. The third-order valence-corrected chi connectivity index (χ3v) is 5.26. The molecule has 2 aromatic rings. The van der Waals surface area contributed by atoms with Crippen molar-refractivity contribution < 1.29 is 19.1 Å². The third kappa shape index (κ3) is 7.08. The molecule has 0 saturated carbocycles. The molecule has 1 saturated heterocycles. The van der Waals surface area contributed by atoms with E-state index in [-0.39, 0.29) is 11.8 Å². The topological polar surface area (TPSA) is 71.1 Å². The number of ether oxygens (including phenoxy) is 2. The molecular weight excluding hydrogens is 394 g/mol. The first-order chi connectivity index (χ1) is 15.2. The van der Waals surface area contributed by atoms with Crippen LogP contribution >= 0.6 is 0 Å². The van der Waals surface area contributed by atoms with E-state index in [1.54, 1.807) is 7.11 Å². The molecule has 166 valence electrons. The van der Waals surface area contributed by atoms with E-state index in [4.69, 9.17) is 9.47 Å². The van der Waals surface area contributed by atoms with E-state index in [2.05, 4.69) is 10.2 Å². The van der Waals surface area contributed by atoms with Gasteiger partial charge in [0.15, 0.2) is 0 Å². The molecular formula is C24H31N3O4. The summed E-state index contributed by atoms with van der Waals surface area (Å²) in [7, 11) is 1.65. The Bertz CT molecular complexity index is 836. The van der Waals surface area contributed by atoms with E-state index in [0.29, 0.717) is 58.0 Å². The van der Waals surface area contributed by atoms with Gasteiger partial charge in [0.05, 0.1) is 6.54 Å². The molecule has 1 fully saturated rings. The lowest BCUT2D eigenvalue weighted by Crippen LogP contribution is -2.51. The SMILES string of the molecule is COCCCNC(=O)CN1CCN(C(=O)c2ccccc2COc2ccccc2)CC1. The Balaban J connectivity index is 1.49. The zero-order valence-corrected chi connectivity index (χ0v) is 18.1. The largest absolute Gasteiger partial charge is 0.489 e. The molecule has 2 aromatic carbocycles. The zero-order valence-electron chi connectivity index (χ0n) is 18.1. The van der Waals surface area contributed by atoms with Crippen LogP contribution in [0.25, 0.3) is 0 Å². The molecule has 31 heavy (non-hydrogen) atoms. The van der Waals surface area contributed by atoms with Gasteiger partial charge in [-0.2, -0.15) is 0 Å². The summed E-state index contributed by atoms with van der Waals surface area (Å²) in [4.78, 5) is 29.1. The normalized spacial score (nSPS) is 14.3. The molecule has 0 aliphatic carbocycles. The smallest absolute Gasteiger partial charge is 0.254 e. The number of nitrogens with one attached hydrogen (secondary N) is 1. The van der Waals surface area contributed by atoms with Gasteiger partial charge in [0.2, 0.25) is 5.91 Å². The number of piperazine rings is 1. The summed E-state index contributed by atoms with van der Waals surface area (Å²) >= 11 is 0. The van der Waals surface area contributed by atoms with Gasteiger partial charge in [-0.1, -0.05) is 36.4 Å². The lowest BCUT2D eigenvalue weighted by Gasteiger charge is -2.34. The first kappa shape index (κ1) is 22.8. The Labute approximate surface area is 183 Å². The Kier molecular flexibility index (Phi) is 8.87. The van der Waals surface area contributed by atoms with Crippen LogP contribution in [-0.2, 0) is 16.1 Å². The molecule has 1 N–H and O–H groups in total. The van der Waals surface area contributed by atoms with Gasteiger partial charge in [-0.05, 0) is 24.6 Å². The highest BCUT2D eigenvalue weighted by Crippen LogP contribution is 2.17. The van der Waals surface area contributed by atoms with Crippen molar-refractivity contribution in [2.24, 2.45) is 0 Å². The number of benzene rings is 2. The number of carbonyl (C=O) groups excluding carboxylic acids is 2. The number of rotatable bonds is 10. The number of methoxy groups -OCH3 is 1. The minimum Gasteiger partial charge on any atom is -0.489 e. The Morgan fingerprint density at radius 2 is 1.68 bits per heavy atom. The van der Waals surface area contributed by atoms with Gasteiger partial charge in [0.25, 0.3) is 5.91 Å². The number of carbonyl (C=O) groups is 2. The molecule has 7 nitrogen and oxygen atoms in total. The van der Waals surface area contributed by atoms with E-state index in [9.17, 15) is 9.59 Å². The predicted octanol–water partition coefficient (Wildman–Crippen LogP) is 2.18. The maximum absolute atomic E-state index is 13.1. The second-order valence-electron chi connectivity index (χ2n) is 7.52. The standard InChI is InChI=1S/C24H31N3O4/c1-30-17-7-12-25-23(28)18-26-13-15-27(16-14-26)24(29)22-11-6-5-8-20(22)19-31-21-9-3-2-4-10-21/h2-6,8-11H,7,12-19H2,1H3,(H,25,28).